The van der Waals surface area contributed by atoms with Crippen molar-refractivity contribution in [1.29, 1.82) is 0 Å². The number of nitrogens with one attached hydrogen (secondary N) is 2. The van der Waals surface area contributed by atoms with Gasteiger partial charge in [0, 0.05) is 41.2 Å². The first kappa shape index (κ1) is 12.2. The Kier molecular flexibility index (Phi) is 3.25. The summed E-state index contributed by atoms with van der Waals surface area (Å²) in [6.45, 7) is 0.155. The first-order chi connectivity index (χ1) is 9.28. The number of benzene rings is 1. The summed E-state index contributed by atoms with van der Waals surface area (Å²) in [7, 11) is 0. The second kappa shape index (κ2) is 5.05. The van der Waals surface area contributed by atoms with Crippen LogP contribution in [-0.2, 0) is 0 Å². The zero-order valence-corrected chi connectivity index (χ0v) is 10.7. The van der Waals surface area contributed by atoms with E-state index in [1.165, 1.54) is 0 Å². The standard InChI is InChI=1S/C15H18N2O2/c18-9-12-2-1-3-14(12)17-15(19)11-4-5-13-10(8-11)6-7-16-13/h4-8,12,14,16,18H,1-3,9H2,(H,17,19). The lowest BCUT2D eigenvalue weighted by Gasteiger charge is -2.19. The molecule has 2 aromatic rings. The van der Waals surface area contributed by atoms with Gasteiger partial charge in [-0.15, -0.1) is 0 Å². The SMILES string of the molecule is O=C(NC1CCCC1CO)c1ccc2[nH]ccc2c1. The second-order valence-corrected chi connectivity index (χ2v) is 5.23. The lowest BCUT2D eigenvalue weighted by Crippen LogP contribution is -2.38. The molecular formula is C15H18N2O2. The van der Waals surface area contributed by atoms with E-state index >= 15 is 0 Å². The number of aliphatic hydroxyl groups is 1. The number of amides is 1. The van der Waals surface area contributed by atoms with E-state index in [9.17, 15) is 9.90 Å². The van der Waals surface area contributed by atoms with Gasteiger partial charge < -0.3 is 15.4 Å². The molecule has 1 aromatic carbocycles. The minimum atomic E-state index is -0.0477. The van der Waals surface area contributed by atoms with E-state index in [-0.39, 0.29) is 24.5 Å². The zero-order chi connectivity index (χ0) is 13.2. The predicted octanol–water partition coefficient (Wildman–Crippen LogP) is 2.06. The van der Waals surface area contributed by atoms with Gasteiger partial charge in [-0.25, -0.2) is 0 Å². The molecule has 1 aliphatic carbocycles. The zero-order valence-electron chi connectivity index (χ0n) is 10.7. The number of rotatable bonds is 3. The first-order valence-corrected chi connectivity index (χ1v) is 6.77. The topological polar surface area (TPSA) is 65.1 Å². The van der Waals surface area contributed by atoms with E-state index in [0.29, 0.717) is 5.56 Å². The molecule has 1 aliphatic rings. The third kappa shape index (κ3) is 2.36. The molecule has 3 rings (SSSR count). The Hall–Kier alpha value is -1.81. The van der Waals surface area contributed by atoms with Crippen LogP contribution in [0.2, 0.25) is 0 Å². The minimum Gasteiger partial charge on any atom is -0.396 e. The van der Waals surface area contributed by atoms with Crippen molar-refractivity contribution in [2.24, 2.45) is 5.92 Å². The highest BCUT2D eigenvalue weighted by Crippen LogP contribution is 2.25. The number of aromatic nitrogens is 1. The summed E-state index contributed by atoms with van der Waals surface area (Å²) < 4.78 is 0. The molecule has 1 saturated carbocycles. The number of carbonyl (C=O) groups excluding carboxylic acids is 1. The highest BCUT2D eigenvalue weighted by atomic mass is 16.3. The third-order valence-electron chi connectivity index (χ3n) is 4.03. The van der Waals surface area contributed by atoms with E-state index in [0.717, 1.165) is 30.2 Å². The number of aromatic amines is 1. The molecule has 0 aliphatic heterocycles. The molecule has 0 spiro atoms. The van der Waals surface area contributed by atoms with Gasteiger partial charge >= 0.3 is 0 Å². The van der Waals surface area contributed by atoms with E-state index in [1.54, 1.807) is 0 Å². The Morgan fingerprint density at radius 3 is 3.11 bits per heavy atom. The lowest BCUT2D eigenvalue weighted by molar-refractivity contribution is 0.0916. The van der Waals surface area contributed by atoms with E-state index in [4.69, 9.17) is 0 Å². The molecule has 4 heteroatoms. The molecule has 1 fully saturated rings. The molecule has 3 N–H and O–H groups in total. The van der Waals surface area contributed by atoms with E-state index in [2.05, 4.69) is 10.3 Å². The van der Waals surface area contributed by atoms with E-state index in [1.807, 2.05) is 30.5 Å². The van der Waals surface area contributed by atoms with Gasteiger partial charge in [-0.05, 0) is 37.1 Å². The molecule has 2 atom stereocenters. The molecular weight excluding hydrogens is 240 g/mol. The van der Waals surface area contributed by atoms with Crippen molar-refractivity contribution in [3.63, 3.8) is 0 Å². The van der Waals surface area contributed by atoms with E-state index < -0.39 is 0 Å². The van der Waals surface area contributed by atoms with Crippen molar-refractivity contribution in [2.45, 2.75) is 25.3 Å². The van der Waals surface area contributed by atoms with Crippen LogP contribution in [0, 0.1) is 5.92 Å². The van der Waals surface area contributed by atoms with Gasteiger partial charge in [0.1, 0.15) is 0 Å². The Labute approximate surface area is 111 Å². The van der Waals surface area contributed by atoms with Crippen molar-refractivity contribution >= 4 is 16.8 Å². The van der Waals surface area contributed by atoms with Crippen LogP contribution in [0.3, 0.4) is 0 Å². The average molecular weight is 258 g/mol. The van der Waals surface area contributed by atoms with Crippen LogP contribution in [0.4, 0.5) is 0 Å². The van der Waals surface area contributed by atoms with Crippen LogP contribution in [0.15, 0.2) is 30.5 Å². The van der Waals surface area contributed by atoms with Gasteiger partial charge in [-0.1, -0.05) is 6.42 Å². The third-order valence-corrected chi connectivity index (χ3v) is 4.03. The summed E-state index contributed by atoms with van der Waals surface area (Å²) in [5, 5.41) is 13.4. The predicted molar refractivity (Wildman–Crippen MR) is 74.0 cm³/mol. The van der Waals surface area contributed by atoms with Crippen LogP contribution in [-0.4, -0.2) is 28.6 Å². The smallest absolute Gasteiger partial charge is 0.251 e. The van der Waals surface area contributed by atoms with Crippen LogP contribution in [0.5, 0.6) is 0 Å². The molecule has 0 bridgehead atoms. The summed E-state index contributed by atoms with van der Waals surface area (Å²) in [6.07, 6.45) is 4.90. The number of fused-ring (bicyclic) bond motifs is 1. The molecule has 100 valence electrons. The normalized spacial score (nSPS) is 22.8. The molecule has 4 nitrogen and oxygen atoms in total. The summed E-state index contributed by atoms with van der Waals surface area (Å²) in [6, 6.07) is 7.71. The fourth-order valence-corrected chi connectivity index (χ4v) is 2.89. The lowest BCUT2D eigenvalue weighted by atomic mass is 10.0. The van der Waals surface area contributed by atoms with Crippen molar-refractivity contribution in [2.75, 3.05) is 6.61 Å². The van der Waals surface area contributed by atoms with Crippen LogP contribution in [0.25, 0.3) is 10.9 Å². The summed E-state index contributed by atoms with van der Waals surface area (Å²) >= 11 is 0. The molecule has 1 aromatic heterocycles. The average Bonchev–Trinajstić information content (AvgIpc) is 3.05. The van der Waals surface area contributed by atoms with Crippen molar-refractivity contribution < 1.29 is 9.90 Å². The highest BCUT2D eigenvalue weighted by molar-refractivity contribution is 5.98. The monoisotopic (exact) mass is 258 g/mol. The minimum absolute atomic E-state index is 0.0477. The van der Waals surface area contributed by atoms with Gasteiger partial charge in [0.25, 0.3) is 5.91 Å². The molecule has 0 saturated heterocycles. The quantitative estimate of drug-likeness (QED) is 0.789. The van der Waals surface area contributed by atoms with Crippen molar-refractivity contribution in [3.05, 3.63) is 36.0 Å². The summed E-state index contributed by atoms with van der Waals surface area (Å²) in [5.74, 6) is 0.161. The summed E-state index contributed by atoms with van der Waals surface area (Å²) in [4.78, 5) is 15.3. The van der Waals surface area contributed by atoms with Crippen LogP contribution < -0.4 is 5.32 Å². The Balaban J connectivity index is 1.76. The van der Waals surface area contributed by atoms with Gasteiger partial charge in [-0.3, -0.25) is 4.79 Å². The number of hydrogen-bond donors (Lipinski definition) is 3. The number of aliphatic hydroxyl groups excluding tert-OH is 1. The Bertz CT molecular complexity index is 591. The largest absolute Gasteiger partial charge is 0.396 e. The maximum absolute atomic E-state index is 12.2. The maximum Gasteiger partial charge on any atom is 0.251 e. The summed E-state index contributed by atoms with van der Waals surface area (Å²) in [5.41, 5.74) is 1.71. The number of carbonyl (C=O) groups is 1. The first-order valence-electron chi connectivity index (χ1n) is 6.77. The molecule has 0 radical (unpaired) electrons. The van der Waals surface area contributed by atoms with Gasteiger partial charge in [-0.2, -0.15) is 0 Å². The maximum atomic E-state index is 12.2. The van der Waals surface area contributed by atoms with Crippen LogP contribution >= 0.6 is 0 Å². The molecule has 1 heterocycles. The molecule has 19 heavy (non-hydrogen) atoms. The number of H-pyrrole nitrogens is 1. The number of hydrogen-bond acceptors (Lipinski definition) is 2. The molecule has 2 unspecified atom stereocenters. The fraction of sp³-hybridized carbons (Fsp3) is 0.400. The van der Waals surface area contributed by atoms with Gasteiger partial charge in [0.2, 0.25) is 0 Å². The van der Waals surface area contributed by atoms with Gasteiger partial charge in [0.05, 0.1) is 0 Å². The Morgan fingerprint density at radius 1 is 1.37 bits per heavy atom. The fourth-order valence-electron chi connectivity index (χ4n) is 2.89. The van der Waals surface area contributed by atoms with Crippen LogP contribution in [0.1, 0.15) is 29.6 Å². The van der Waals surface area contributed by atoms with Crippen molar-refractivity contribution in [1.82, 2.24) is 10.3 Å². The molecule has 1 amide bonds. The van der Waals surface area contributed by atoms with Gasteiger partial charge in [0.15, 0.2) is 0 Å². The highest BCUT2D eigenvalue weighted by Gasteiger charge is 2.28. The second-order valence-electron chi connectivity index (χ2n) is 5.23. The Morgan fingerprint density at radius 2 is 2.26 bits per heavy atom. The van der Waals surface area contributed by atoms with Crippen molar-refractivity contribution in [3.8, 4) is 0 Å².